The van der Waals surface area contributed by atoms with Gasteiger partial charge in [-0.15, -0.1) is 0 Å². The Morgan fingerprint density at radius 1 is 1.21 bits per heavy atom. The van der Waals surface area contributed by atoms with Gasteiger partial charge >= 0.3 is 12.1 Å². The molecule has 0 aromatic heterocycles. The molecule has 1 aromatic rings. The molecule has 1 unspecified atom stereocenters. The molecular weight excluding hydrogens is 360 g/mol. The van der Waals surface area contributed by atoms with Crippen molar-refractivity contribution < 1.29 is 23.9 Å². The predicted molar refractivity (Wildman–Crippen MR) is 104 cm³/mol. The second-order valence-corrected chi connectivity index (χ2v) is 8.09. The molecule has 0 aliphatic carbocycles. The maximum atomic E-state index is 12.6. The number of carbonyl (C=O) groups excluding carboxylic acids is 3. The van der Waals surface area contributed by atoms with Gasteiger partial charge in [0.1, 0.15) is 18.2 Å². The van der Waals surface area contributed by atoms with Crippen LogP contribution in [0.15, 0.2) is 30.3 Å². The van der Waals surface area contributed by atoms with E-state index in [1.54, 1.807) is 27.7 Å². The smallest absolute Gasteiger partial charge is 0.410 e. The van der Waals surface area contributed by atoms with E-state index in [1.807, 2.05) is 30.3 Å². The van der Waals surface area contributed by atoms with Gasteiger partial charge in [-0.25, -0.2) is 4.79 Å². The fourth-order valence-corrected chi connectivity index (χ4v) is 3.02. The molecule has 1 N–H and O–H groups in total. The quantitative estimate of drug-likeness (QED) is 0.755. The number of nitrogens with zero attached hydrogens (tertiary/aromatic N) is 1. The molecule has 7 heteroatoms. The Bertz CT molecular complexity index is 684. The van der Waals surface area contributed by atoms with Crippen molar-refractivity contribution in [2.24, 2.45) is 0 Å². The Morgan fingerprint density at radius 2 is 1.89 bits per heavy atom. The standard InChI is InChI=1S/C21H30N2O5/c1-15(13-18(24)27-14-16-9-6-5-7-10-16)22-19(25)17-11-8-12-23(17)20(26)28-21(2,3)4/h5-7,9-10,15,17H,8,11-14H2,1-4H3,(H,22,25)/t15?,17-/m0/s1. The minimum atomic E-state index is -0.615. The molecule has 1 saturated heterocycles. The molecule has 1 aliphatic rings. The highest BCUT2D eigenvalue weighted by molar-refractivity contribution is 5.86. The van der Waals surface area contributed by atoms with Gasteiger partial charge in [-0.05, 0) is 46.1 Å². The largest absolute Gasteiger partial charge is 0.461 e. The fraction of sp³-hybridized carbons (Fsp3) is 0.571. The number of hydrogen-bond acceptors (Lipinski definition) is 5. The monoisotopic (exact) mass is 390 g/mol. The minimum absolute atomic E-state index is 0.0672. The number of rotatable bonds is 6. The average Bonchev–Trinajstić information content (AvgIpc) is 3.09. The fourth-order valence-electron chi connectivity index (χ4n) is 3.02. The predicted octanol–water partition coefficient (Wildman–Crippen LogP) is 3.02. The zero-order valence-corrected chi connectivity index (χ0v) is 17.1. The molecule has 28 heavy (non-hydrogen) atoms. The highest BCUT2D eigenvalue weighted by atomic mass is 16.6. The van der Waals surface area contributed by atoms with E-state index in [1.165, 1.54) is 4.90 Å². The Morgan fingerprint density at radius 3 is 2.54 bits per heavy atom. The zero-order chi connectivity index (χ0) is 20.7. The van der Waals surface area contributed by atoms with Gasteiger partial charge in [-0.2, -0.15) is 0 Å². The molecular formula is C21H30N2O5. The number of benzene rings is 1. The Kier molecular flexibility index (Phi) is 7.43. The van der Waals surface area contributed by atoms with Gasteiger partial charge in [-0.3, -0.25) is 14.5 Å². The normalized spacial score (nSPS) is 17.7. The number of hydrogen-bond donors (Lipinski definition) is 1. The van der Waals surface area contributed by atoms with Crippen LogP contribution < -0.4 is 5.32 Å². The summed E-state index contributed by atoms with van der Waals surface area (Å²) in [4.78, 5) is 38.4. The number of amides is 2. The van der Waals surface area contributed by atoms with Crippen LogP contribution in [-0.4, -0.2) is 47.1 Å². The summed E-state index contributed by atoms with van der Waals surface area (Å²) in [7, 11) is 0. The molecule has 1 heterocycles. The molecule has 1 aromatic carbocycles. The third-order valence-electron chi connectivity index (χ3n) is 4.29. The number of ether oxygens (including phenoxy) is 2. The Labute approximate surface area is 166 Å². The van der Waals surface area contributed by atoms with Crippen molar-refractivity contribution in [3.8, 4) is 0 Å². The SMILES string of the molecule is CC(CC(=O)OCc1ccccc1)NC(=O)[C@@H]1CCCN1C(=O)OC(C)(C)C. The summed E-state index contributed by atoms with van der Waals surface area (Å²) in [6, 6.07) is 8.45. The van der Waals surface area contributed by atoms with Gasteiger partial charge in [0.15, 0.2) is 0 Å². The van der Waals surface area contributed by atoms with Gasteiger partial charge in [-0.1, -0.05) is 30.3 Å². The van der Waals surface area contributed by atoms with Crippen LogP contribution in [0.5, 0.6) is 0 Å². The topological polar surface area (TPSA) is 84.9 Å². The van der Waals surface area contributed by atoms with Gasteiger partial charge in [0.25, 0.3) is 0 Å². The summed E-state index contributed by atoms with van der Waals surface area (Å²) in [5.41, 5.74) is 0.294. The first kappa shape index (κ1) is 21.7. The van der Waals surface area contributed by atoms with Crippen LogP contribution in [0.3, 0.4) is 0 Å². The van der Waals surface area contributed by atoms with Crippen molar-refractivity contribution in [2.45, 2.75) is 71.2 Å². The van der Waals surface area contributed by atoms with E-state index in [0.717, 1.165) is 12.0 Å². The first-order valence-corrected chi connectivity index (χ1v) is 9.65. The number of likely N-dealkylation sites (tertiary alicyclic amines) is 1. The first-order valence-electron chi connectivity index (χ1n) is 9.65. The third-order valence-corrected chi connectivity index (χ3v) is 4.29. The van der Waals surface area contributed by atoms with Crippen molar-refractivity contribution >= 4 is 18.0 Å². The Balaban J connectivity index is 1.80. The molecule has 0 saturated carbocycles. The van der Waals surface area contributed by atoms with Crippen molar-refractivity contribution in [1.82, 2.24) is 10.2 Å². The van der Waals surface area contributed by atoms with E-state index >= 15 is 0 Å². The van der Waals surface area contributed by atoms with Crippen LogP contribution in [0.1, 0.15) is 52.5 Å². The lowest BCUT2D eigenvalue weighted by atomic mass is 10.1. The minimum Gasteiger partial charge on any atom is -0.461 e. The van der Waals surface area contributed by atoms with Crippen LogP contribution in [-0.2, 0) is 25.7 Å². The highest BCUT2D eigenvalue weighted by Crippen LogP contribution is 2.21. The van der Waals surface area contributed by atoms with E-state index in [9.17, 15) is 14.4 Å². The van der Waals surface area contributed by atoms with Gasteiger partial charge in [0.05, 0.1) is 6.42 Å². The summed E-state index contributed by atoms with van der Waals surface area (Å²) in [5.74, 6) is -0.654. The second kappa shape index (κ2) is 9.57. The number of nitrogens with one attached hydrogen (secondary N) is 1. The summed E-state index contributed by atoms with van der Waals surface area (Å²) in [6.45, 7) is 7.81. The van der Waals surface area contributed by atoms with Crippen LogP contribution in [0.2, 0.25) is 0 Å². The third kappa shape index (κ3) is 6.87. The lowest BCUT2D eigenvalue weighted by Crippen LogP contribution is -2.49. The zero-order valence-electron chi connectivity index (χ0n) is 17.1. The van der Waals surface area contributed by atoms with E-state index in [4.69, 9.17) is 9.47 Å². The van der Waals surface area contributed by atoms with Crippen LogP contribution in [0, 0.1) is 0 Å². The molecule has 154 valence electrons. The van der Waals surface area contributed by atoms with E-state index in [-0.39, 0.29) is 24.9 Å². The molecule has 2 atom stereocenters. The number of carbonyl (C=O) groups is 3. The summed E-state index contributed by atoms with van der Waals surface area (Å²) in [6.07, 6.45) is 0.902. The highest BCUT2D eigenvalue weighted by Gasteiger charge is 2.37. The summed E-state index contributed by atoms with van der Waals surface area (Å²) in [5, 5.41) is 2.81. The maximum absolute atomic E-state index is 12.6. The van der Waals surface area contributed by atoms with Gasteiger partial charge in [0, 0.05) is 12.6 Å². The molecule has 0 spiro atoms. The molecule has 2 amide bonds. The molecule has 7 nitrogen and oxygen atoms in total. The van der Waals surface area contributed by atoms with Crippen molar-refractivity contribution in [1.29, 1.82) is 0 Å². The van der Waals surface area contributed by atoms with Crippen molar-refractivity contribution in [2.75, 3.05) is 6.54 Å². The Hall–Kier alpha value is -2.57. The molecule has 0 bridgehead atoms. The number of esters is 1. The molecule has 1 fully saturated rings. The first-order chi connectivity index (χ1) is 13.2. The van der Waals surface area contributed by atoms with E-state index in [0.29, 0.717) is 13.0 Å². The lowest BCUT2D eigenvalue weighted by molar-refractivity contribution is -0.145. The molecule has 0 radical (unpaired) electrons. The van der Waals surface area contributed by atoms with E-state index in [2.05, 4.69) is 5.32 Å². The van der Waals surface area contributed by atoms with Crippen LogP contribution in [0.4, 0.5) is 4.79 Å². The summed E-state index contributed by atoms with van der Waals surface area (Å²) >= 11 is 0. The van der Waals surface area contributed by atoms with Gasteiger partial charge < -0.3 is 14.8 Å². The van der Waals surface area contributed by atoms with Crippen LogP contribution >= 0.6 is 0 Å². The lowest BCUT2D eigenvalue weighted by Gasteiger charge is -2.28. The maximum Gasteiger partial charge on any atom is 0.410 e. The van der Waals surface area contributed by atoms with Crippen molar-refractivity contribution in [3.63, 3.8) is 0 Å². The van der Waals surface area contributed by atoms with Crippen molar-refractivity contribution in [3.05, 3.63) is 35.9 Å². The van der Waals surface area contributed by atoms with Gasteiger partial charge in [0.2, 0.25) is 5.91 Å². The molecule has 1 aliphatic heterocycles. The second-order valence-electron chi connectivity index (χ2n) is 8.09. The molecule has 2 rings (SSSR count). The van der Waals surface area contributed by atoms with Crippen LogP contribution in [0.25, 0.3) is 0 Å². The summed E-state index contributed by atoms with van der Waals surface area (Å²) < 4.78 is 10.6. The average molecular weight is 390 g/mol. The van der Waals surface area contributed by atoms with E-state index < -0.39 is 23.8 Å².